The predicted octanol–water partition coefficient (Wildman–Crippen LogP) is 4.47. The summed E-state index contributed by atoms with van der Waals surface area (Å²) in [7, 11) is 0. The van der Waals surface area contributed by atoms with Crippen molar-refractivity contribution >= 4 is 67.6 Å². The van der Waals surface area contributed by atoms with Crippen LogP contribution in [-0.2, 0) is 0 Å². The van der Waals surface area contributed by atoms with Crippen molar-refractivity contribution in [1.29, 1.82) is 0 Å². The van der Waals surface area contributed by atoms with E-state index in [9.17, 15) is 0 Å². The summed E-state index contributed by atoms with van der Waals surface area (Å²) in [5.41, 5.74) is 0. The quantitative estimate of drug-likeness (QED) is 0.349. The Labute approximate surface area is 143 Å². The van der Waals surface area contributed by atoms with Gasteiger partial charge in [-0.1, -0.05) is 70.4 Å². The van der Waals surface area contributed by atoms with E-state index in [1.807, 2.05) is 0 Å². The fourth-order valence-corrected chi connectivity index (χ4v) is 2.04. The maximum atomic E-state index is 8.56. The maximum absolute atomic E-state index is 8.56. The molecule has 0 aromatic carbocycles. The van der Waals surface area contributed by atoms with E-state index in [2.05, 4.69) is 31.9 Å². The SMILES string of the molecule is BrCCCCCCCCCCBr.O=C(O)O.[NaH]. The van der Waals surface area contributed by atoms with Crippen molar-refractivity contribution in [2.24, 2.45) is 0 Å². The minimum absolute atomic E-state index is 0. The summed E-state index contributed by atoms with van der Waals surface area (Å²) in [6.07, 6.45) is 9.42. The molecule has 0 aliphatic rings. The molecule has 0 radical (unpaired) electrons. The summed E-state index contributed by atoms with van der Waals surface area (Å²) in [6, 6.07) is 0. The van der Waals surface area contributed by atoms with Gasteiger partial charge in [-0.15, -0.1) is 0 Å². The van der Waals surface area contributed by atoms with E-state index in [1.165, 1.54) is 62.0 Å². The van der Waals surface area contributed by atoms with Crippen molar-refractivity contribution in [1.82, 2.24) is 0 Å². The molecule has 0 aliphatic carbocycles. The average molecular weight is 386 g/mol. The molecule has 0 aliphatic heterocycles. The van der Waals surface area contributed by atoms with E-state index in [0.717, 1.165) is 0 Å². The fourth-order valence-electron chi connectivity index (χ4n) is 1.25. The second kappa shape index (κ2) is 22.4. The average Bonchev–Trinajstić information content (AvgIpc) is 2.21. The summed E-state index contributed by atoms with van der Waals surface area (Å²) >= 11 is 6.90. The molecule has 0 aromatic heterocycles. The third-order valence-electron chi connectivity index (χ3n) is 2.02. The van der Waals surface area contributed by atoms with Crippen LogP contribution in [0.25, 0.3) is 0 Å². The first-order valence-corrected chi connectivity index (χ1v) is 7.93. The number of unbranched alkanes of at least 4 members (excludes halogenated alkanes) is 7. The predicted molar refractivity (Wildman–Crippen MR) is 82.3 cm³/mol. The van der Waals surface area contributed by atoms with Gasteiger partial charge in [0, 0.05) is 10.7 Å². The van der Waals surface area contributed by atoms with Gasteiger partial charge in [-0.05, 0) is 12.8 Å². The molecule has 3 nitrogen and oxygen atoms in total. The number of carbonyl (C=O) groups is 1. The van der Waals surface area contributed by atoms with Gasteiger partial charge in [-0.25, -0.2) is 4.79 Å². The molecule has 0 heterocycles. The van der Waals surface area contributed by atoms with Crippen molar-refractivity contribution in [3.8, 4) is 0 Å². The zero-order valence-corrected chi connectivity index (χ0v) is 12.8. The standard InChI is InChI=1S/C10H20Br2.CH2O3.Na.H/c11-9-7-5-3-1-2-4-6-8-10-12;2-1(3)4;;/h1-10H2;(H2,2,3,4);;. The van der Waals surface area contributed by atoms with Crippen molar-refractivity contribution in [2.75, 3.05) is 10.7 Å². The van der Waals surface area contributed by atoms with Gasteiger partial charge in [0.05, 0.1) is 0 Å². The van der Waals surface area contributed by atoms with Crippen LogP contribution in [0.2, 0.25) is 0 Å². The normalized spacial score (nSPS) is 8.82. The molecule has 100 valence electrons. The monoisotopic (exact) mass is 384 g/mol. The van der Waals surface area contributed by atoms with Crippen LogP contribution in [-0.4, -0.2) is 56.6 Å². The number of halogens is 2. The van der Waals surface area contributed by atoms with E-state index >= 15 is 0 Å². The zero-order chi connectivity index (χ0) is 12.6. The summed E-state index contributed by atoms with van der Waals surface area (Å²) in [5.74, 6) is 0. The van der Waals surface area contributed by atoms with Crippen molar-refractivity contribution < 1.29 is 15.0 Å². The molecule has 0 spiro atoms. The van der Waals surface area contributed by atoms with Crippen LogP contribution in [0.5, 0.6) is 0 Å². The van der Waals surface area contributed by atoms with E-state index in [1.54, 1.807) is 0 Å². The summed E-state index contributed by atoms with van der Waals surface area (Å²) in [4.78, 5) is 8.56. The van der Waals surface area contributed by atoms with Crippen LogP contribution < -0.4 is 0 Å². The molecule has 0 amide bonds. The first-order valence-electron chi connectivity index (χ1n) is 5.69. The molecule has 0 unspecified atom stereocenters. The van der Waals surface area contributed by atoms with Gasteiger partial charge in [-0.2, -0.15) is 0 Å². The molecule has 17 heavy (non-hydrogen) atoms. The van der Waals surface area contributed by atoms with Crippen LogP contribution >= 0.6 is 31.9 Å². The van der Waals surface area contributed by atoms with E-state index in [-0.39, 0.29) is 29.6 Å². The number of alkyl halides is 2. The van der Waals surface area contributed by atoms with E-state index in [0.29, 0.717) is 0 Å². The van der Waals surface area contributed by atoms with Gasteiger partial charge in [-0.3, -0.25) is 0 Å². The molecule has 0 saturated heterocycles. The molecular formula is C11H23Br2NaO3. The molecule has 0 rings (SSSR count). The molecule has 0 aromatic rings. The Hall–Kier alpha value is 1.23. The Morgan fingerprint density at radius 2 is 0.882 bits per heavy atom. The Kier molecular flexibility index (Phi) is 30.8. The second-order valence-corrected chi connectivity index (χ2v) is 5.07. The van der Waals surface area contributed by atoms with E-state index in [4.69, 9.17) is 15.0 Å². The van der Waals surface area contributed by atoms with Gasteiger partial charge in [0.25, 0.3) is 0 Å². The zero-order valence-electron chi connectivity index (χ0n) is 9.63. The van der Waals surface area contributed by atoms with Gasteiger partial charge >= 0.3 is 35.7 Å². The van der Waals surface area contributed by atoms with Gasteiger partial charge in [0.2, 0.25) is 0 Å². The first-order chi connectivity index (χ1) is 7.65. The number of hydrogen-bond donors (Lipinski definition) is 2. The molecule has 2 N–H and O–H groups in total. The van der Waals surface area contributed by atoms with Gasteiger partial charge in [0.1, 0.15) is 0 Å². The topological polar surface area (TPSA) is 57.5 Å². The van der Waals surface area contributed by atoms with Crippen LogP contribution in [0.4, 0.5) is 4.79 Å². The van der Waals surface area contributed by atoms with Crippen molar-refractivity contribution in [3.63, 3.8) is 0 Å². The van der Waals surface area contributed by atoms with Crippen LogP contribution in [0.15, 0.2) is 0 Å². The summed E-state index contributed by atoms with van der Waals surface area (Å²) < 4.78 is 0. The minimum atomic E-state index is -1.83. The van der Waals surface area contributed by atoms with Crippen LogP contribution in [0.1, 0.15) is 51.4 Å². The van der Waals surface area contributed by atoms with Gasteiger partial charge < -0.3 is 10.2 Å². The third-order valence-corrected chi connectivity index (χ3v) is 3.14. The van der Waals surface area contributed by atoms with Gasteiger partial charge in [0.15, 0.2) is 0 Å². The Balaban J connectivity index is -0.000000340. The van der Waals surface area contributed by atoms with Crippen LogP contribution in [0, 0.1) is 0 Å². The Morgan fingerprint density at radius 3 is 1.06 bits per heavy atom. The van der Waals surface area contributed by atoms with E-state index < -0.39 is 6.16 Å². The van der Waals surface area contributed by atoms with Crippen LogP contribution in [0.3, 0.4) is 0 Å². The first kappa shape index (κ1) is 23.3. The van der Waals surface area contributed by atoms with Crippen molar-refractivity contribution in [2.45, 2.75) is 51.4 Å². The molecule has 0 saturated carbocycles. The number of rotatable bonds is 9. The fraction of sp³-hybridized carbons (Fsp3) is 0.909. The number of carboxylic acid groups (broad SMARTS) is 2. The summed E-state index contributed by atoms with van der Waals surface area (Å²) in [6.45, 7) is 0. The summed E-state index contributed by atoms with van der Waals surface area (Å²) in [5, 5.41) is 16.3. The van der Waals surface area contributed by atoms with Crippen molar-refractivity contribution in [3.05, 3.63) is 0 Å². The Morgan fingerprint density at radius 1 is 0.706 bits per heavy atom. The Bertz CT molecular complexity index is 135. The molecule has 0 atom stereocenters. The molecule has 0 fully saturated rings. The number of hydrogen-bond acceptors (Lipinski definition) is 1. The molecular weight excluding hydrogens is 363 g/mol. The molecule has 0 bridgehead atoms. The molecule has 6 heteroatoms. The third kappa shape index (κ3) is 38.2. The second-order valence-electron chi connectivity index (χ2n) is 3.49.